The van der Waals surface area contributed by atoms with Crippen molar-refractivity contribution in [1.82, 2.24) is 4.90 Å². The summed E-state index contributed by atoms with van der Waals surface area (Å²) in [5.41, 5.74) is 11.3. The summed E-state index contributed by atoms with van der Waals surface area (Å²) in [6.07, 6.45) is 0. The molecule has 1 unspecified atom stereocenters. The van der Waals surface area contributed by atoms with Crippen molar-refractivity contribution >= 4 is 11.6 Å². The van der Waals surface area contributed by atoms with Gasteiger partial charge >= 0.3 is 0 Å². The van der Waals surface area contributed by atoms with E-state index in [-0.39, 0.29) is 11.6 Å². The Labute approximate surface area is 137 Å². The Morgan fingerprint density at radius 2 is 2.00 bits per heavy atom. The molecular weight excluding hydrogens is 292 g/mol. The summed E-state index contributed by atoms with van der Waals surface area (Å²) < 4.78 is 0. The van der Waals surface area contributed by atoms with Crippen molar-refractivity contribution in [2.45, 2.75) is 38.9 Å². The van der Waals surface area contributed by atoms with E-state index in [4.69, 9.17) is 17.3 Å². The van der Waals surface area contributed by atoms with Gasteiger partial charge in [0.15, 0.2) is 0 Å². The molecule has 0 bridgehead atoms. The van der Waals surface area contributed by atoms with E-state index in [1.165, 1.54) is 22.3 Å². The van der Waals surface area contributed by atoms with Gasteiger partial charge in [0.2, 0.25) is 0 Å². The summed E-state index contributed by atoms with van der Waals surface area (Å²) in [6.45, 7) is 8.19. The molecule has 0 saturated carbocycles. The molecule has 1 aliphatic heterocycles. The van der Waals surface area contributed by atoms with Crippen LogP contribution in [0.25, 0.3) is 0 Å². The van der Waals surface area contributed by atoms with E-state index in [1.807, 2.05) is 12.1 Å². The van der Waals surface area contributed by atoms with Crippen LogP contribution in [-0.4, -0.2) is 11.4 Å². The van der Waals surface area contributed by atoms with Gasteiger partial charge in [-0.25, -0.2) is 0 Å². The molecular formula is C19H23ClN2. The van der Waals surface area contributed by atoms with Crippen molar-refractivity contribution in [1.29, 1.82) is 0 Å². The van der Waals surface area contributed by atoms with E-state index >= 15 is 0 Å². The van der Waals surface area contributed by atoms with E-state index in [0.717, 1.165) is 11.6 Å². The van der Waals surface area contributed by atoms with Crippen molar-refractivity contribution < 1.29 is 0 Å². The Morgan fingerprint density at radius 1 is 1.23 bits per heavy atom. The molecule has 22 heavy (non-hydrogen) atoms. The molecule has 3 rings (SSSR count). The van der Waals surface area contributed by atoms with Crippen LogP contribution in [0.3, 0.4) is 0 Å². The van der Waals surface area contributed by atoms with Crippen LogP contribution in [0.1, 0.15) is 42.1 Å². The van der Waals surface area contributed by atoms with Crippen LogP contribution in [0.2, 0.25) is 5.02 Å². The smallest absolute Gasteiger partial charge is 0.0485 e. The maximum atomic E-state index is 6.19. The second-order valence-corrected chi connectivity index (χ2v) is 7.09. The molecule has 0 aromatic heterocycles. The van der Waals surface area contributed by atoms with Crippen molar-refractivity contribution in [2.75, 3.05) is 6.54 Å². The number of hydrogen-bond donors (Lipinski definition) is 1. The highest BCUT2D eigenvalue weighted by molar-refractivity contribution is 6.30. The Kier molecular flexibility index (Phi) is 4.02. The maximum absolute atomic E-state index is 6.19. The lowest BCUT2D eigenvalue weighted by Crippen LogP contribution is -2.42. The van der Waals surface area contributed by atoms with E-state index in [9.17, 15) is 0 Å². The van der Waals surface area contributed by atoms with Gasteiger partial charge in [0.25, 0.3) is 0 Å². The fourth-order valence-corrected chi connectivity index (χ4v) is 3.70. The van der Waals surface area contributed by atoms with Gasteiger partial charge in [-0.05, 0) is 49.6 Å². The van der Waals surface area contributed by atoms with Crippen molar-refractivity contribution in [2.24, 2.45) is 5.73 Å². The van der Waals surface area contributed by atoms with Gasteiger partial charge < -0.3 is 5.73 Å². The first kappa shape index (κ1) is 15.5. The Balaban J connectivity index is 2.01. The molecule has 1 atom stereocenters. The van der Waals surface area contributed by atoms with Crippen molar-refractivity contribution in [3.05, 3.63) is 69.7 Å². The van der Waals surface area contributed by atoms with Crippen LogP contribution in [0.4, 0.5) is 0 Å². The molecule has 0 amide bonds. The molecule has 2 aromatic carbocycles. The second kappa shape index (κ2) is 5.69. The minimum atomic E-state index is -0.123. The lowest BCUT2D eigenvalue weighted by atomic mass is 9.91. The van der Waals surface area contributed by atoms with Gasteiger partial charge in [0.05, 0.1) is 0 Å². The number of hydrogen-bond acceptors (Lipinski definition) is 2. The number of nitrogens with two attached hydrogens (primary N) is 1. The maximum Gasteiger partial charge on any atom is 0.0485 e. The highest BCUT2D eigenvalue weighted by Crippen LogP contribution is 2.43. The van der Waals surface area contributed by atoms with Crippen LogP contribution in [0.5, 0.6) is 0 Å². The summed E-state index contributed by atoms with van der Waals surface area (Å²) in [4.78, 5) is 2.49. The molecule has 3 heteroatoms. The molecule has 0 spiro atoms. The van der Waals surface area contributed by atoms with Crippen LogP contribution in [-0.2, 0) is 12.1 Å². The molecule has 2 aromatic rings. The Hall–Kier alpha value is -1.35. The lowest BCUT2D eigenvalue weighted by Gasteiger charge is -2.40. The minimum Gasteiger partial charge on any atom is -0.329 e. The highest BCUT2D eigenvalue weighted by atomic mass is 35.5. The van der Waals surface area contributed by atoms with Gasteiger partial charge in [-0.15, -0.1) is 0 Å². The molecule has 2 nitrogen and oxygen atoms in total. The van der Waals surface area contributed by atoms with Gasteiger partial charge in [0.1, 0.15) is 0 Å². The first-order valence-corrected chi connectivity index (χ1v) is 8.13. The van der Waals surface area contributed by atoms with Crippen LogP contribution in [0, 0.1) is 6.92 Å². The summed E-state index contributed by atoms with van der Waals surface area (Å²) in [5, 5.41) is 0.780. The monoisotopic (exact) mass is 314 g/mol. The number of benzene rings is 2. The first-order chi connectivity index (χ1) is 10.4. The lowest BCUT2D eigenvalue weighted by molar-refractivity contribution is 0.0780. The second-order valence-electron chi connectivity index (χ2n) is 6.65. The summed E-state index contributed by atoms with van der Waals surface area (Å²) >= 11 is 6.19. The third-order valence-corrected chi connectivity index (χ3v) is 5.08. The zero-order valence-corrected chi connectivity index (χ0v) is 14.2. The van der Waals surface area contributed by atoms with Gasteiger partial charge in [-0.2, -0.15) is 0 Å². The number of fused-ring (bicyclic) bond motifs is 1. The minimum absolute atomic E-state index is 0.123. The highest BCUT2D eigenvalue weighted by Gasteiger charge is 2.39. The van der Waals surface area contributed by atoms with Crippen molar-refractivity contribution in [3.8, 4) is 0 Å². The third-order valence-electron chi connectivity index (χ3n) is 4.85. The molecule has 1 aliphatic rings. The van der Waals surface area contributed by atoms with Crippen LogP contribution >= 0.6 is 11.6 Å². The quantitative estimate of drug-likeness (QED) is 0.910. The van der Waals surface area contributed by atoms with Gasteiger partial charge in [-0.3, -0.25) is 4.90 Å². The summed E-state index contributed by atoms with van der Waals surface area (Å²) in [6, 6.07) is 15.1. The van der Waals surface area contributed by atoms with Crippen molar-refractivity contribution in [3.63, 3.8) is 0 Å². The van der Waals surface area contributed by atoms with E-state index in [0.29, 0.717) is 6.54 Å². The zero-order chi connectivity index (χ0) is 15.9. The largest absolute Gasteiger partial charge is 0.329 e. The average Bonchev–Trinajstić information content (AvgIpc) is 2.85. The molecule has 2 N–H and O–H groups in total. The molecule has 0 aliphatic carbocycles. The van der Waals surface area contributed by atoms with E-state index in [2.05, 4.69) is 56.0 Å². The predicted octanol–water partition coefficient (Wildman–Crippen LogP) is 4.40. The fourth-order valence-electron chi connectivity index (χ4n) is 3.51. The first-order valence-electron chi connectivity index (χ1n) is 7.76. The molecule has 0 radical (unpaired) electrons. The molecule has 0 fully saturated rings. The van der Waals surface area contributed by atoms with Gasteiger partial charge in [0, 0.05) is 29.7 Å². The van der Waals surface area contributed by atoms with E-state index < -0.39 is 0 Å². The van der Waals surface area contributed by atoms with Gasteiger partial charge in [-0.1, -0.05) is 47.5 Å². The normalized spacial score (nSPS) is 18.5. The SMILES string of the molecule is Cc1ccc2c(c1)C(CN)N(C(C)(C)c1cccc(Cl)c1)C2. The number of nitrogens with zero attached hydrogens (tertiary/aromatic N) is 1. The Bertz CT molecular complexity index is 694. The third kappa shape index (κ3) is 2.56. The molecule has 0 saturated heterocycles. The fraction of sp³-hybridized carbons (Fsp3) is 0.368. The standard InChI is InChI=1S/C19H23ClN2/c1-13-7-8-14-12-22(18(11-21)17(14)9-13)19(2,3)15-5-4-6-16(20)10-15/h4-10,18H,11-12,21H2,1-3H3. The number of rotatable bonds is 3. The zero-order valence-electron chi connectivity index (χ0n) is 13.4. The number of aryl methyl sites for hydroxylation is 1. The average molecular weight is 315 g/mol. The molecule has 1 heterocycles. The topological polar surface area (TPSA) is 29.3 Å². The van der Waals surface area contributed by atoms with Crippen LogP contribution in [0.15, 0.2) is 42.5 Å². The summed E-state index contributed by atoms with van der Waals surface area (Å²) in [7, 11) is 0. The van der Waals surface area contributed by atoms with Crippen LogP contribution < -0.4 is 5.73 Å². The predicted molar refractivity (Wildman–Crippen MR) is 93.0 cm³/mol. The Morgan fingerprint density at radius 3 is 2.68 bits per heavy atom. The number of halogens is 1. The summed E-state index contributed by atoms with van der Waals surface area (Å²) in [5.74, 6) is 0. The molecule has 116 valence electrons. The van der Waals surface area contributed by atoms with E-state index in [1.54, 1.807) is 0 Å².